The molecule has 0 aliphatic heterocycles. The minimum atomic E-state index is -0.144. The lowest BCUT2D eigenvalue weighted by atomic mass is 9.97. The molecule has 0 unspecified atom stereocenters. The summed E-state index contributed by atoms with van der Waals surface area (Å²) in [4.78, 5) is 8.64. The van der Waals surface area contributed by atoms with Gasteiger partial charge in [0.25, 0.3) is 0 Å². The van der Waals surface area contributed by atoms with Crippen LogP contribution in [0.5, 0.6) is 5.75 Å². The lowest BCUT2D eigenvalue weighted by Gasteiger charge is -2.11. The molecule has 156 valence electrons. The van der Waals surface area contributed by atoms with Gasteiger partial charge in [-0.05, 0) is 37.0 Å². The number of unbranched alkanes of at least 4 members (excludes halogenated alkanes) is 1. The van der Waals surface area contributed by atoms with Crippen molar-refractivity contribution in [1.82, 2.24) is 20.8 Å². The molecule has 0 bridgehead atoms. The van der Waals surface area contributed by atoms with Crippen LogP contribution in [0.3, 0.4) is 0 Å². The highest BCUT2D eigenvalue weighted by Gasteiger charge is 2.21. The zero-order valence-electron chi connectivity index (χ0n) is 17.4. The molecule has 0 saturated carbocycles. The zero-order valence-corrected chi connectivity index (χ0v) is 19.7. The maximum absolute atomic E-state index is 5.30. The summed E-state index contributed by atoms with van der Waals surface area (Å²) in [7, 11) is 3.44. The molecule has 2 aromatic rings. The Kier molecular flexibility index (Phi) is 10.3. The van der Waals surface area contributed by atoms with Crippen molar-refractivity contribution >= 4 is 29.9 Å². The summed E-state index contributed by atoms with van der Waals surface area (Å²) in [5.41, 5.74) is 1.18. The van der Waals surface area contributed by atoms with Crippen LogP contribution in [0.25, 0.3) is 0 Å². The van der Waals surface area contributed by atoms with E-state index in [0.717, 1.165) is 37.5 Å². The molecule has 28 heavy (non-hydrogen) atoms. The topological polar surface area (TPSA) is 84.6 Å². The van der Waals surface area contributed by atoms with Gasteiger partial charge in [0.05, 0.1) is 13.7 Å². The van der Waals surface area contributed by atoms with E-state index in [-0.39, 0.29) is 29.4 Å². The minimum absolute atomic E-state index is 0. The van der Waals surface area contributed by atoms with Gasteiger partial charge in [0.1, 0.15) is 5.75 Å². The molecular weight excluding hydrogens is 469 g/mol. The molecule has 1 heterocycles. The van der Waals surface area contributed by atoms with Crippen LogP contribution in [0, 0.1) is 0 Å². The minimum Gasteiger partial charge on any atom is -0.497 e. The van der Waals surface area contributed by atoms with Gasteiger partial charge in [-0.2, -0.15) is 4.98 Å². The van der Waals surface area contributed by atoms with Gasteiger partial charge in [-0.3, -0.25) is 4.99 Å². The monoisotopic (exact) mass is 501 g/mol. The number of rotatable bonds is 8. The van der Waals surface area contributed by atoms with E-state index in [1.807, 2.05) is 32.9 Å². The van der Waals surface area contributed by atoms with Crippen LogP contribution in [-0.4, -0.2) is 36.8 Å². The molecule has 0 saturated heterocycles. The molecule has 0 aliphatic carbocycles. The predicted molar refractivity (Wildman–Crippen MR) is 123 cm³/mol. The number of guanidine groups is 1. The largest absolute Gasteiger partial charge is 0.497 e. The van der Waals surface area contributed by atoms with Gasteiger partial charge in [0, 0.05) is 19.0 Å². The lowest BCUT2D eigenvalue weighted by molar-refractivity contribution is 0.318. The van der Waals surface area contributed by atoms with Crippen molar-refractivity contribution in [3.05, 3.63) is 41.5 Å². The molecule has 2 rings (SSSR count). The van der Waals surface area contributed by atoms with Crippen molar-refractivity contribution in [3.8, 4) is 5.75 Å². The summed E-state index contributed by atoms with van der Waals surface area (Å²) in [5, 5.41) is 10.5. The Morgan fingerprint density at radius 1 is 1.14 bits per heavy atom. The summed E-state index contributed by atoms with van der Waals surface area (Å²) in [6, 6.07) is 8.23. The molecule has 8 heteroatoms. The van der Waals surface area contributed by atoms with E-state index in [9.17, 15) is 0 Å². The Morgan fingerprint density at radius 2 is 1.86 bits per heavy atom. The number of methoxy groups -OCH3 is 1. The first-order valence-electron chi connectivity index (χ1n) is 9.33. The summed E-state index contributed by atoms with van der Waals surface area (Å²) >= 11 is 0. The smallest absolute Gasteiger partial charge is 0.232 e. The second-order valence-electron chi connectivity index (χ2n) is 7.42. The van der Waals surface area contributed by atoms with Crippen LogP contribution in [0.2, 0.25) is 0 Å². The molecule has 0 aliphatic rings. The van der Waals surface area contributed by atoms with Gasteiger partial charge in [-0.1, -0.05) is 38.1 Å². The van der Waals surface area contributed by atoms with Gasteiger partial charge in [-0.15, -0.1) is 24.0 Å². The average molecular weight is 501 g/mol. The average Bonchev–Trinajstić information content (AvgIpc) is 3.14. The molecule has 1 aromatic heterocycles. The number of aryl methyl sites for hydroxylation is 1. The third-order valence-corrected chi connectivity index (χ3v) is 4.09. The number of nitrogens with zero attached hydrogens (tertiary/aromatic N) is 3. The quantitative estimate of drug-likeness (QED) is 0.249. The van der Waals surface area contributed by atoms with E-state index in [1.165, 1.54) is 5.56 Å². The molecule has 0 spiro atoms. The molecule has 0 radical (unpaired) electrons. The van der Waals surface area contributed by atoms with Crippen molar-refractivity contribution in [1.29, 1.82) is 0 Å². The summed E-state index contributed by atoms with van der Waals surface area (Å²) in [5.74, 6) is 2.90. The van der Waals surface area contributed by atoms with Gasteiger partial charge >= 0.3 is 0 Å². The van der Waals surface area contributed by atoms with Gasteiger partial charge in [-0.25, -0.2) is 0 Å². The Balaban J connectivity index is 0.00000392. The molecule has 7 nitrogen and oxygen atoms in total. The zero-order chi connectivity index (χ0) is 19.7. The lowest BCUT2D eigenvalue weighted by Crippen LogP contribution is -2.37. The highest BCUT2D eigenvalue weighted by molar-refractivity contribution is 14.0. The van der Waals surface area contributed by atoms with Crippen LogP contribution < -0.4 is 15.4 Å². The predicted octanol–water partition coefficient (Wildman–Crippen LogP) is 3.68. The third-order valence-electron chi connectivity index (χ3n) is 4.09. The van der Waals surface area contributed by atoms with Crippen molar-refractivity contribution in [2.45, 2.75) is 52.0 Å². The number of ether oxygens (including phenoxy) is 1. The van der Waals surface area contributed by atoms with E-state index < -0.39 is 0 Å². The number of aromatic nitrogens is 2. The molecular formula is C20H32IN5O2. The Morgan fingerprint density at radius 3 is 2.43 bits per heavy atom. The summed E-state index contributed by atoms with van der Waals surface area (Å²) < 4.78 is 10.5. The third kappa shape index (κ3) is 8.04. The number of halogens is 1. The van der Waals surface area contributed by atoms with Crippen LogP contribution >= 0.6 is 24.0 Å². The first-order valence-corrected chi connectivity index (χ1v) is 9.33. The van der Waals surface area contributed by atoms with Crippen LogP contribution in [0.1, 0.15) is 50.9 Å². The fourth-order valence-corrected chi connectivity index (χ4v) is 2.47. The first-order chi connectivity index (χ1) is 12.9. The van der Waals surface area contributed by atoms with E-state index in [2.05, 4.69) is 37.9 Å². The van der Waals surface area contributed by atoms with E-state index in [4.69, 9.17) is 9.26 Å². The Labute approximate surface area is 184 Å². The van der Waals surface area contributed by atoms with E-state index in [0.29, 0.717) is 18.3 Å². The maximum Gasteiger partial charge on any atom is 0.232 e. The van der Waals surface area contributed by atoms with E-state index >= 15 is 0 Å². The number of hydrogen-bond donors (Lipinski definition) is 2. The second kappa shape index (κ2) is 11.9. The van der Waals surface area contributed by atoms with Crippen molar-refractivity contribution in [3.63, 3.8) is 0 Å². The van der Waals surface area contributed by atoms with Gasteiger partial charge < -0.3 is 19.9 Å². The standard InChI is InChI=1S/C20H31N5O2.HI/c1-20(2,3)18-24-17(25-27-18)14-23-19(21-4)22-13-7-6-8-15-9-11-16(26-5)12-10-15;/h9-12H,6-8,13-14H2,1-5H3,(H2,21,22,23);1H. The first kappa shape index (κ1) is 24.2. The highest BCUT2D eigenvalue weighted by atomic mass is 127. The summed E-state index contributed by atoms with van der Waals surface area (Å²) in [6.07, 6.45) is 3.22. The fraction of sp³-hybridized carbons (Fsp3) is 0.550. The highest BCUT2D eigenvalue weighted by Crippen LogP contribution is 2.19. The second-order valence-corrected chi connectivity index (χ2v) is 7.42. The number of benzene rings is 1. The summed E-state index contributed by atoms with van der Waals surface area (Å²) in [6.45, 7) is 7.47. The molecule has 2 N–H and O–H groups in total. The molecule has 1 aromatic carbocycles. The van der Waals surface area contributed by atoms with Crippen LogP contribution in [0.4, 0.5) is 0 Å². The van der Waals surface area contributed by atoms with Crippen molar-refractivity contribution in [2.24, 2.45) is 4.99 Å². The van der Waals surface area contributed by atoms with Gasteiger partial charge in [0.15, 0.2) is 11.8 Å². The SMILES string of the molecule is CN=C(NCCCCc1ccc(OC)cc1)NCc1noc(C(C)(C)C)n1.I. The van der Waals surface area contributed by atoms with Gasteiger partial charge in [0.2, 0.25) is 5.89 Å². The van der Waals surface area contributed by atoms with Crippen molar-refractivity contribution < 1.29 is 9.26 Å². The van der Waals surface area contributed by atoms with E-state index in [1.54, 1.807) is 14.2 Å². The Hall–Kier alpha value is -1.84. The van der Waals surface area contributed by atoms with Crippen molar-refractivity contribution in [2.75, 3.05) is 20.7 Å². The normalized spacial score (nSPS) is 11.7. The van der Waals surface area contributed by atoms with Crippen LogP contribution in [0.15, 0.2) is 33.8 Å². The Bertz CT molecular complexity index is 723. The molecule has 0 atom stereocenters. The molecule has 0 fully saturated rings. The number of aliphatic imine (C=N–C) groups is 1. The maximum atomic E-state index is 5.30. The number of hydrogen-bond acceptors (Lipinski definition) is 5. The fourth-order valence-electron chi connectivity index (χ4n) is 2.47. The molecule has 0 amide bonds. The van der Waals surface area contributed by atoms with Crippen LogP contribution in [-0.2, 0) is 18.4 Å². The number of nitrogens with one attached hydrogen (secondary N) is 2.